The number of hydrogen-bond acceptors (Lipinski definition) is 6. The molecule has 1 atom stereocenters. The Morgan fingerprint density at radius 2 is 1.65 bits per heavy atom. The minimum atomic E-state index is -3.74. The van der Waals surface area contributed by atoms with Gasteiger partial charge >= 0.3 is 5.97 Å². The van der Waals surface area contributed by atoms with Gasteiger partial charge in [-0.15, -0.1) is 0 Å². The molecule has 9 nitrogen and oxygen atoms in total. The van der Waals surface area contributed by atoms with Gasteiger partial charge in [-0.25, -0.2) is 8.42 Å². The van der Waals surface area contributed by atoms with E-state index < -0.39 is 15.9 Å². The standard InChI is InChI=1S/C21H29N3O6S/c1-15(25)22-18-5-7-19(8-6-18)31(28,29)24-11-3-4-17(14-24)20(26)23-12-9-16(10-13-23)21(27)30-2/h5-8,16-17H,3-4,9-14H2,1-2H3,(H,22,25)/t17-/m1/s1. The Hall–Kier alpha value is -2.46. The highest BCUT2D eigenvalue weighted by Gasteiger charge is 2.36. The molecule has 2 heterocycles. The van der Waals surface area contributed by atoms with Crippen LogP contribution < -0.4 is 5.32 Å². The van der Waals surface area contributed by atoms with Gasteiger partial charge in [-0.05, 0) is 49.9 Å². The number of nitrogens with zero attached hydrogens (tertiary/aromatic N) is 2. The van der Waals surface area contributed by atoms with E-state index in [2.05, 4.69) is 5.32 Å². The van der Waals surface area contributed by atoms with Crippen molar-refractivity contribution in [2.45, 2.75) is 37.5 Å². The minimum absolute atomic E-state index is 0.0516. The molecule has 2 aliphatic rings. The normalized spacial score (nSPS) is 20.8. The summed E-state index contributed by atoms with van der Waals surface area (Å²) in [6, 6.07) is 6.02. The number of ether oxygens (including phenoxy) is 1. The van der Waals surface area contributed by atoms with Gasteiger partial charge < -0.3 is 15.0 Å². The quantitative estimate of drug-likeness (QED) is 0.678. The Morgan fingerprint density at radius 3 is 2.23 bits per heavy atom. The summed E-state index contributed by atoms with van der Waals surface area (Å²) in [5.41, 5.74) is 0.522. The molecule has 1 aromatic rings. The number of benzene rings is 1. The topological polar surface area (TPSA) is 113 Å². The van der Waals surface area contributed by atoms with Crippen LogP contribution in [0.25, 0.3) is 0 Å². The van der Waals surface area contributed by atoms with E-state index in [1.165, 1.54) is 30.5 Å². The zero-order valence-corrected chi connectivity index (χ0v) is 18.7. The van der Waals surface area contributed by atoms with E-state index in [1.54, 1.807) is 17.0 Å². The first-order valence-corrected chi connectivity index (χ1v) is 11.9. The van der Waals surface area contributed by atoms with Gasteiger partial charge in [0.1, 0.15) is 0 Å². The number of hydrogen-bond donors (Lipinski definition) is 1. The zero-order chi connectivity index (χ0) is 22.6. The highest BCUT2D eigenvalue weighted by molar-refractivity contribution is 7.89. The molecule has 170 valence electrons. The van der Waals surface area contributed by atoms with Crippen molar-refractivity contribution in [2.75, 3.05) is 38.6 Å². The molecule has 0 radical (unpaired) electrons. The molecule has 2 amide bonds. The van der Waals surface area contributed by atoms with Crippen LogP contribution in [0.2, 0.25) is 0 Å². The Bertz CT molecular complexity index is 923. The summed E-state index contributed by atoms with van der Waals surface area (Å²) >= 11 is 0. The van der Waals surface area contributed by atoms with Crippen LogP contribution in [0.3, 0.4) is 0 Å². The summed E-state index contributed by atoms with van der Waals surface area (Å²) in [5, 5.41) is 2.61. The molecular formula is C21H29N3O6S. The van der Waals surface area contributed by atoms with Gasteiger partial charge in [0.25, 0.3) is 0 Å². The third-order valence-corrected chi connectivity index (χ3v) is 7.77. The van der Waals surface area contributed by atoms with Crippen LogP contribution in [-0.4, -0.2) is 68.7 Å². The summed E-state index contributed by atoms with van der Waals surface area (Å²) < 4.78 is 32.3. The number of carbonyl (C=O) groups is 3. The summed E-state index contributed by atoms with van der Waals surface area (Å²) in [6.07, 6.45) is 2.38. The van der Waals surface area contributed by atoms with E-state index >= 15 is 0 Å². The Balaban J connectivity index is 1.63. The van der Waals surface area contributed by atoms with E-state index in [4.69, 9.17) is 4.74 Å². The number of amides is 2. The van der Waals surface area contributed by atoms with Crippen LogP contribution in [0.4, 0.5) is 5.69 Å². The maximum Gasteiger partial charge on any atom is 0.308 e. The van der Waals surface area contributed by atoms with Gasteiger partial charge in [0, 0.05) is 38.8 Å². The molecule has 0 unspecified atom stereocenters. The van der Waals surface area contributed by atoms with Gasteiger partial charge in [0.2, 0.25) is 21.8 Å². The maximum atomic E-state index is 13.1. The number of nitrogens with one attached hydrogen (secondary N) is 1. The predicted octanol–water partition coefficient (Wildman–Crippen LogP) is 1.46. The van der Waals surface area contributed by atoms with E-state index in [-0.39, 0.29) is 35.1 Å². The lowest BCUT2D eigenvalue weighted by atomic mass is 9.93. The van der Waals surface area contributed by atoms with Crippen molar-refractivity contribution in [3.63, 3.8) is 0 Å². The third-order valence-electron chi connectivity index (χ3n) is 5.89. The summed E-state index contributed by atoms with van der Waals surface area (Å²) in [5.74, 6) is -1.10. The van der Waals surface area contributed by atoms with Crippen LogP contribution in [-0.2, 0) is 29.1 Å². The van der Waals surface area contributed by atoms with Crippen molar-refractivity contribution >= 4 is 33.5 Å². The predicted molar refractivity (Wildman–Crippen MR) is 114 cm³/mol. The molecule has 2 aliphatic heterocycles. The molecule has 0 bridgehead atoms. The lowest BCUT2D eigenvalue weighted by Gasteiger charge is -2.37. The zero-order valence-electron chi connectivity index (χ0n) is 17.9. The number of likely N-dealkylation sites (tertiary alicyclic amines) is 1. The van der Waals surface area contributed by atoms with Gasteiger partial charge in [0.15, 0.2) is 0 Å². The van der Waals surface area contributed by atoms with Crippen molar-refractivity contribution in [3.8, 4) is 0 Å². The fourth-order valence-corrected chi connectivity index (χ4v) is 5.71. The summed E-state index contributed by atoms with van der Waals surface area (Å²) in [6.45, 7) is 2.85. The number of carbonyl (C=O) groups excluding carboxylic acids is 3. The van der Waals surface area contributed by atoms with Gasteiger partial charge in [-0.2, -0.15) is 4.31 Å². The molecule has 10 heteroatoms. The lowest BCUT2D eigenvalue weighted by molar-refractivity contribution is -0.149. The molecular weight excluding hydrogens is 422 g/mol. The van der Waals surface area contributed by atoms with Crippen LogP contribution in [0, 0.1) is 11.8 Å². The van der Waals surface area contributed by atoms with Crippen molar-refractivity contribution in [1.29, 1.82) is 0 Å². The van der Waals surface area contributed by atoms with Gasteiger partial charge in [0.05, 0.1) is 23.8 Å². The number of methoxy groups -OCH3 is 1. The molecule has 1 aromatic carbocycles. The number of rotatable bonds is 5. The van der Waals surface area contributed by atoms with Crippen LogP contribution >= 0.6 is 0 Å². The highest BCUT2D eigenvalue weighted by Crippen LogP contribution is 2.27. The molecule has 0 spiro atoms. The lowest BCUT2D eigenvalue weighted by Crippen LogP contribution is -2.49. The number of anilines is 1. The molecule has 31 heavy (non-hydrogen) atoms. The number of sulfonamides is 1. The molecule has 1 N–H and O–H groups in total. The van der Waals surface area contributed by atoms with Gasteiger partial charge in [-0.3, -0.25) is 14.4 Å². The maximum absolute atomic E-state index is 13.1. The minimum Gasteiger partial charge on any atom is -0.469 e. The van der Waals surface area contributed by atoms with E-state index in [1.807, 2.05) is 0 Å². The molecule has 2 saturated heterocycles. The van der Waals surface area contributed by atoms with Crippen molar-refractivity contribution in [2.24, 2.45) is 11.8 Å². The average molecular weight is 452 g/mol. The third kappa shape index (κ3) is 5.43. The first kappa shape index (κ1) is 23.2. The Kier molecular flexibility index (Phi) is 7.32. The second-order valence-corrected chi connectivity index (χ2v) is 9.97. The second-order valence-electron chi connectivity index (χ2n) is 8.03. The molecule has 0 saturated carbocycles. The number of esters is 1. The molecule has 2 fully saturated rings. The smallest absolute Gasteiger partial charge is 0.308 e. The van der Waals surface area contributed by atoms with Gasteiger partial charge in [-0.1, -0.05) is 0 Å². The Morgan fingerprint density at radius 1 is 1.00 bits per heavy atom. The average Bonchev–Trinajstić information content (AvgIpc) is 2.78. The molecule has 0 aromatic heterocycles. The first-order chi connectivity index (χ1) is 14.7. The summed E-state index contributed by atoms with van der Waals surface area (Å²) in [7, 11) is -2.37. The second kappa shape index (κ2) is 9.78. The highest BCUT2D eigenvalue weighted by atomic mass is 32.2. The largest absolute Gasteiger partial charge is 0.469 e. The van der Waals surface area contributed by atoms with E-state index in [9.17, 15) is 22.8 Å². The Labute approximate surface area is 182 Å². The fourth-order valence-electron chi connectivity index (χ4n) is 4.19. The van der Waals surface area contributed by atoms with Crippen molar-refractivity contribution in [1.82, 2.24) is 9.21 Å². The first-order valence-electron chi connectivity index (χ1n) is 10.5. The number of piperidine rings is 2. The molecule has 3 rings (SSSR count). The van der Waals surface area contributed by atoms with Crippen molar-refractivity contribution < 1.29 is 27.5 Å². The van der Waals surface area contributed by atoms with Crippen LogP contribution in [0.1, 0.15) is 32.6 Å². The SMILES string of the molecule is COC(=O)C1CCN(C(=O)[C@@H]2CCCN(S(=O)(=O)c3ccc(NC(C)=O)cc3)C2)CC1. The van der Waals surface area contributed by atoms with E-state index in [0.717, 1.165) is 0 Å². The van der Waals surface area contributed by atoms with E-state index in [0.29, 0.717) is 51.0 Å². The summed E-state index contributed by atoms with van der Waals surface area (Å²) in [4.78, 5) is 37.7. The monoisotopic (exact) mass is 451 g/mol. The van der Waals surface area contributed by atoms with Crippen molar-refractivity contribution in [3.05, 3.63) is 24.3 Å². The fraction of sp³-hybridized carbons (Fsp3) is 0.571. The molecule has 0 aliphatic carbocycles. The van der Waals surface area contributed by atoms with Crippen LogP contribution in [0.5, 0.6) is 0 Å². The van der Waals surface area contributed by atoms with Crippen LogP contribution in [0.15, 0.2) is 29.2 Å².